The van der Waals surface area contributed by atoms with Gasteiger partial charge >= 0.3 is 0 Å². The Morgan fingerprint density at radius 3 is 2.86 bits per heavy atom. The van der Waals surface area contributed by atoms with Crippen LogP contribution < -0.4 is 5.32 Å². The number of hydrogen-bond donors (Lipinski definition) is 1. The fraction of sp³-hybridized carbons (Fsp3) is 0.833. The van der Waals surface area contributed by atoms with Crippen LogP contribution in [-0.2, 0) is 0 Å². The van der Waals surface area contributed by atoms with E-state index < -0.39 is 0 Å². The van der Waals surface area contributed by atoms with Crippen LogP contribution in [0.25, 0.3) is 0 Å². The van der Waals surface area contributed by atoms with E-state index in [0.717, 1.165) is 19.0 Å². The van der Waals surface area contributed by atoms with Gasteiger partial charge in [0.05, 0.1) is 0 Å². The van der Waals surface area contributed by atoms with Gasteiger partial charge in [0.15, 0.2) is 0 Å². The van der Waals surface area contributed by atoms with Crippen molar-refractivity contribution in [2.75, 3.05) is 26.7 Å². The highest BCUT2D eigenvalue weighted by Gasteiger charge is 2.36. The molecular formula is C12H24N2. The van der Waals surface area contributed by atoms with Gasteiger partial charge in [0.2, 0.25) is 0 Å². The zero-order valence-corrected chi connectivity index (χ0v) is 9.84. The van der Waals surface area contributed by atoms with E-state index >= 15 is 0 Å². The number of nitrogens with one attached hydrogen (secondary N) is 1. The molecule has 1 fully saturated rings. The maximum atomic E-state index is 3.83. The van der Waals surface area contributed by atoms with E-state index in [4.69, 9.17) is 0 Å². The third-order valence-electron chi connectivity index (χ3n) is 3.59. The summed E-state index contributed by atoms with van der Waals surface area (Å²) in [5.41, 5.74) is 0.315. The normalized spacial score (nSPS) is 27.5. The zero-order chi connectivity index (χ0) is 10.6. The lowest BCUT2D eigenvalue weighted by atomic mass is 9.79. The molecule has 0 radical (unpaired) electrons. The average molecular weight is 196 g/mol. The van der Waals surface area contributed by atoms with E-state index in [1.54, 1.807) is 0 Å². The molecule has 0 aliphatic carbocycles. The molecule has 1 rings (SSSR count). The predicted octanol–water partition coefficient (Wildman–Crippen LogP) is 1.88. The lowest BCUT2D eigenvalue weighted by Gasteiger charge is -2.48. The summed E-state index contributed by atoms with van der Waals surface area (Å²) >= 11 is 0. The maximum absolute atomic E-state index is 3.83. The molecule has 0 amide bonds. The van der Waals surface area contributed by atoms with Gasteiger partial charge in [0.1, 0.15) is 0 Å². The molecule has 1 aliphatic rings. The van der Waals surface area contributed by atoms with E-state index in [9.17, 15) is 0 Å². The van der Waals surface area contributed by atoms with Crippen molar-refractivity contribution in [3.8, 4) is 0 Å². The van der Waals surface area contributed by atoms with Crippen molar-refractivity contribution in [2.24, 2.45) is 5.92 Å². The van der Waals surface area contributed by atoms with Gasteiger partial charge in [-0.05, 0) is 52.7 Å². The molecule has 0 aromatic rings. The molecule has 1 heterocycles. The Labute approximate surface area is 88.4 Å². The van der Waals surface area contributed by atoms with Gasteiger partial charge in [-0.1, -0.05) is 6.08 Å². The summed E-state index contributed by atoms with van der Waals surface area (Å²) in [4.78, 5) is 2.55. The SMILES string of the molecule is C=CCN1CCCC(CNC)C1(C)C. The summed E-state index contributed by atoms with van der Waals surface area (Å²) in [6.45, 7) is 11.9. The van der Waals surface area contributed by atoms with Crippen LogP contribution in [0.4, 0.5) is 0 Å². The van der Waals surface area contributed by atoms with E-state index in [1.165, 1.54) is 19.4 Å². The lowest BCUT2D eigenvalue weighted by Crippen LogP contribution is -2.55. The number of piperidine rings is 1. The number of likely N-dealkylation sites (tertiary alicyclic amines) is 1. The zero-order valence-electron chi connectivity index (χ0n) is 9.84. The van der Waals surface area contributed by atoms with Crippen LogP contribution in [0.3, 0.4) is 0 Å². The molecule has 0 bridgehead atoms. The van der Waals surface area contributed by atoms with Gasteiger partial charge in [-0.3, -0.25) is 4.90 Å². The monoisotopic (exact) mass is 196 g/mol. The molecule has 0 aromatic carbocycles. The molecular weight excluding hydrogens is 172 g/mol. The maximum Gasteiger partial charge on any atom is 0.0196 e. The van der Waals surface area contributed by atoms with Crippen molar-refractivity contribution >= 4 is 0 Å². The summed E-state index contributed by atoms with van der Waals surface area (Å²) in [7, 11) is 2.04. The Balaban J connectivity index is 2.65. The van der Waals surface area contributed by atoms with Gasteiger partial charge in [-0.2, -0.15) is 0 Å². The summed E-state index contributed by atoms with van der Waals surface area (Å²) < 4.78 is 0. The lowest BCUT2D eigenvalue weighted by molar-refractivity contribution is 0.0330. The summed E-state index contributed by atoms with van der Waals surface area (Å²) in [6, 6.07) is 0. The van der Waals surface area contributed by atoms with Crippen molar-refractivity contribution in [1.82, 2.24) is 10.2 Å². The second-order valence-electron chi connectivity index (χ2n) is 4.79. The first kappa shape index (κ1) is 11.7. The van der Waals surface area contributed by atoms with Crippen LogP contribution in [0.2, 0.25) is 0 Å². The average Bonchev–Trinajstić information content (AvgIpc) is 2.13. The molecule has 1 N–H and O–H groups in total. The molecule has 0 spiro atoms. The Hall–Kier alpha value is -0.340. The fourth-order valence-corrected chi connectivity index (χ4v) is 2.51. The highest BCUT2D eigenvalue weighted by Crippen LogP contribution is 2.32. The molecule has 14 heavy (non-hydrogen) atoms. The number of rotatable bonds is 4. The largest absolute Gasteiger partial charge is 0.319 e. The third kappa shape index (κ3) is 2.37. The van der Waals surface area contributed by atoms with Crippen molar-refractivity contribution in [3.63, 3.8) is 0 Å². The molecule has 2 heteroatoms. The molecule has 1 unspecified atom stereocenters. The Kier molecular flexibility index (Phi) is 4.14. The van der Waals surface area contributed by atoms with Crippen LogP contribution >= 0.6 is 0 Å². The minimum atomic E-state index is 0.315. The van der Waals surface area contributed by atoms with Crippen LogP contribution in [0.15, 0.2) is 12.7 Å². The van der Waals surface area contributed by atoms with Crippen LogP contribution in [0.5, 0.6) is 0 Å². The van der Waals surface area contributed by atoms with E-state index in [0.29, 0.717) is 5.54 Å². The van der Waals surface area contributed by atoms with Gasteiger partial charge < -0.3 is 5.32 Å². The fourth-order valence-electron chi connectivity index (χ4n) is 2.51. The highest BCUT2D eigenvalue weighted by molar-refractivity contribution is 4.95. The standard InChI is InChI=1S/C12H24N2/c1-5-8-14-9-6-7-11(10-13-4)12(14,2)3/h5,11,13H,1,6-10H2,2-4H3. The second-order valence-corrected chi connectivity index (χ2v) is 4.79. The Bertz CT molecular complexity index is 185. The quantitative estimate of drug-likeness (QED) is 0.691. The summed E-state index contributed by atoms with van der Waals surface area (Å²) in [5, 5.41) is 3.30. The minimum Gasteiger partial charge on any atom is -0.319 e. The van der Waals surface area contributed by atoms with Crippen molar-refractivity contribution in [3.05, 3.63) is 12.7 Å². The smallest absolute Gasteiger partial charge is 0.0196 e. The molecule has 82 valence electrons. The molecule has 0 saturated carbocycles. The summed E-state index contributed by atoms with van der Waals surface area (Å²) in [6.07, 6.45) is 4.69. The van der Waals surface area contributed by atoms with Gasteiger partial charge in [-0.15, -0.1) is 6.58 Å². The van der Waals surface area contributed by atoms with Crippen molar-refractivity contribution < 1.29 is 0 Å². The van der Waals surface area contributed by atoms with Crippen LogP contribution in [-0.4, -0.2) is 37.1 Å². The van der Waals surface area contributed by atoms with Crippen LogP contribution in [0, 0.1) is 5.92 Å². The topological polar surface area (TPSA) is 15.3 Å². The summed E-state index contributed by atoms with van der Waals surface area (Å²) in [5.74, 6) is 0.765. The van der Waals surface area contributed by atoms with Crippen molar-refractivity contribution in [2.45, 2.75) is 32.2 Å². The Morgan fingerprint density at radius 2 is 2.29 bits per heavy atom. The first-order valence-corrected chi connectivity index (χ1v) is 5.63. The van der Waals surface area contributed by atoms with Gasteiger partial charge in [0.25, 0.3) is 0 Å². The molecule has 0 aromatic heterocycles. The van der Waals surface area contributed by atoms with E-state index in [2.05, 4.69) is 30.6 Å². The molecule has 1 atom stereocenters. The predicted molar refractivity (Wildman–Crippen MR) is 62.5 cm³/mol. The van der Waals surface area contributed by atoms with Gasteiger partial charge in [-0.25, -0.2) is 0 Å². The van der Waals surface area contributed by atoms with Gasteiger partial charge in [0, 0.05) is 12.1 Å². The third-order valence-corrected chi connectivity index (χ3v) is 3.59. The van der Waals surface area contributed by atoms with E-state index in [-0.39, 0.29) is 0 Å². The second kappa shape index (κ2) is 4.94. The van der Waals surface area contributed by atoms with E-state index in [1.807, 2.05) is 13.1 Å². The highest BCUT2D eigenvalue weighted by atomic mass is 15.2. The van der Waals surface area contributed by atoms with Crippen molar-refractivity contribution in [1.29, 1.82) is 0 Å². The first-order chi connectivity index (χ1) is 6.62. The molecule has 1 saturated heterocycles. The molecule has 2 nitrogen and oxygen atoms in total. The van der Waals surface area contributed by atoms with Crippen LogP contribution in [0.1, 0.15) is 26.7 Å². The number of hydrogen-bond acceptors (Lipinski definition) is 2. The minimum absolute atomic E-state index is 0.315. The Morgan fingerprint density at radius 1 is 1.57 bits per heavy atom. The molecule has 1 aliphatic heterocycles. The first-order valence-electron chi connectivity index (χ1n) is 5.63. The number of nitrogens with zero attached hydrogens (tertiary/aromatic N) is 1.